The first kappa shape index (κ1) is 14.5. The Morgan fingerprint density at radius 3 is 2.38 bits per heavy atom. The number of benzene rings is 1. The number of amides is 2. The van der Waals surface area contributed by atoms with Gasteiger partial charge in [0, 0.05) is 25.0 Å². The van der Waals surface area contributed by atoms with Crippen LogP contribution in [-0.2, 0) is 11.2 Å². The molecule has 2 aromatic rings. The Bertz CT molecular complexity index is 684. The van der Waals surface area contributed by atoms with Gasteiger partial charge < -0.3 is 15.6 Å². The topological polar surface area (TPSA) is 91.1 Å². The smallest absolute Gasteiger partial charge is 0.257 e. The predicted octanol–water partition coefficient (Wildman–Crippen LogP) is 0.916. The van der Waals surface area contributed by atoms with E-state index in [1.54, 1.807) is 31.3 Å². The van der Waals surface area contributed by atoms with Crippen molar-refractivity contribution in [3.05, 3.63) is 64.1 Å². The van der Waals surface area contributed by atoms with E-state index < -0.39 is 0 Å². The highest BCUT2D eigenvalue weighted by Crippen LogP contribution is 2.11. The molecule has 3 N–H and O–H groups in total. The number of H-pyrrole nitrogens is 1. The molecule has 108 valence electrons. The summed E-state index contributed by atoms with van der Waals surface area (Å²) in [5.74, 6) is -0.384. The van der Waals surface area contributed by atoms with Crippen molar-refractivity contribution in [3.8, 4) is 0 Å². The molecular weight excluding hydrogens is 270 g/mol. The van der Waals surface area contributed by atoms with Crippen molar-refractivity contribution >= 4 is 17.5 Å². The number of aromatic amines is 1. The zero-order valence-electron chi connectivity index (χ0n) is 11.5. The second kappa shape index (κ2) is 6.51. The lowest BCUT2D eigenvalue weighted by molar-refractivity contribution is -0.119. The average Bonchev–Trinajstić information content (AvgIpc) is 2.49. The number of nitrogens with one attached hydrogen (secondary N) is 3. The summed E-state index contributed by atoms with van der Waals surface area (Å²) in [6, 6.07) is 9.74. The van der Waals surface area contributed by atoms with Crippen molar-refractivity contribution in [3.63, 3.8) is 0 Å². The van der Waals surface area contributed by atoms with Crippen LogP contribution in [-0.4, -0.2) is 23.8 Å². The summed E-state index contributed by atoms with van der Waals surface area (Å²) < 4.78 is 0. The Kier molecular flexibility index (Phi) is 4.50. The summed E-state index contributed by atoms with van der Waals surface area (Å²) in [6.07, 6.45) is 1.66. The standard InChI is InChI=1S/C15H15N3O3/c1-16-14(20)8-10-2-5-12(6-3-10)18-15(21)11-4-7-13(19)17-9-11/h2-7,9H,8H2,1H3,(H,16,20)(H,17,19)(H,18,21). The zero-order valence-corrected chi connectivity index (χ0v) is 11.5. The molecule has 0 aliphatic carbocycles. The van der Waals surface area contributed by atoms with E-state index in [9.17, 15) is 14.4 Å². The normalized spacial score (nSPS) is 9.95. The van der Waals surface area contributed by atoms with Gasteiger partial charge in [-0.15, -0.1) is 0 Å². The monoisotopic (exact) mass is 285 g/mol. The molecule has 6 heteroatoms. The van der Waals surface area contributed by atoms with Crippen molar-refractivity contribution in [2.45, 2.75) is 6.42 Å². The molecular formula is C15H15N3O3. The summed E-state index contributed by atoms with van der Waals surface area (Å²) in [5, 5.41) is 5.26. The Morgan fingerprint density at radius 1 is 1.10 bits per heavy atom. The third-order valence-corrected chi connectivity index (χ3v) is 2.90. The lowest BCUT2D eigenvalue weighted by atomic mass is 10.1. The minimum atomic E-state index is -0.315. The number of likely N-dealkylation sites (N-methyl/N-ethyl adjacent to an activating group) is 1. The summed E-state index contributed by atoms with van der Waals surface area (Å²) in [6.45, 7) is 0. The summed E-state index contributed by atoms with van der Waals surface area (Å²) in [4.78, 5) is 36.6. The third kappa shape index (κ3) is 4.04. The minimum absolute atomic E-state index is 0.0694. The van der Waals surface area contributed by atoms with Crippen molar-refractivity contribution in [1.29, 1.82) is 0 Å². The number of rotatable bonds is 4. The highest BCUT2D eigenvalue weighted by Gasteiger charge is 2.06. The lowest BCUT2D eigenvalue weighted by Gasteiger charge is -2.06. The first-order valence-corrected chi connectivity index (χ1v) is 6.38. The molecule has 0 aliphatic heterocycles. The van der Waals surface area contributed by atoms with Crippen molar-refractivity contribution in [1.82, 2.24) is 10.3 Å². The molecule has 0 saturated carbocycles. The van der Waals surface area contributed by atoms with Gasteiger partial charge in [-0.2, -0.15) is 0 Å². The van der Waals surface area contributed by atoms with Crippen LogP contribution in [0.4, 0.5) is 5.69 Å². The number of hydrogen-bond donors (Lipinski definition) is 3. The van der Waals surface area contributed by atoms with Gasteiger partial charge in [-0.1, -0.05) is 12.1 Å². The van der Waals surface area contributed by atoms with Gasteiger partial charge in [0.25, 0.3) is 5.91 Å². The van der Waals surface area contributed by atoms with Crippen molar-refractivity contribution < 1.29 is 9.59 Å². The van der Waals surface area contributed by atoms with E-state index in [1.807, 2.05) is 0 Å². The molecule has 0 fully saturated rings. The van der Waals surface area contributed by atoms with E-state index in [2.05, 4.69) is 15.6 Å². The van der Waals surface area contributed by atoms with Gasteiger partial charge in [0.15, 0.2) is 0 Å². The van der Waals surface area contributed by atoms with Gasteiger partial charge in [-0.05, 0) is 23.8 Å². The van der Waals surface area contributed by atoms with Crippen LogP contribution in [0.15, 0.2) is 47.4 Å². The van der Waals surface area contributed by atoms with E-state index >= 15 is 0 Å². The van der Waals surface area contributed by atoms with Crippen LogP contribution >= 0.6 is 0 Å². The molecule has 6 nitrogen and oxygen atoms in total. The molecule has 2 rings (SSSR count). The van der Waals surface area contributed by atoms with Gasteiger partial charge in [-0.3, -0.25) is 14.4 Å². The van der Waals surface area contributed by atoms with E-state index in [0.29, 0.717) is 17.7 Å². The lowest BCUT2D eigenvalue weighted by Crippen LogP contribution is -2.19. The quantitative estimate of drug-likeness (QED) is 0.780. The van der Waals surface area contributed by atoms with Crippen LogP contribution in [0.2, 0.25) is 0 Å². The largest absolute Gasteiger partial charge is 0.359 e. The molecule has 2 amide bonds. The number of aromatic nitrogens is 1. The minimum Gasteiger partial charge on any atom is -0.359 e. The Morgan fingerprint density at radius 2 is 1.81 bits per heavy atom. The van der Waals surface area contributed by atoms with Gasteiger partial charge >= 0.3 is 0 Å². The summed E-state index contributed by atoms with van der Waals surface area (Å²) >= 11 is 0. The Labute approximate surface area is 121 Å². The summed E-state index contributed by atoms with van der Waals surface area (Å²) in [5.41, 5.74) is 1.58. The van der Waals surface area contributed by atoms with Crippen LogP contribution in [0.5, 0.6) is 0 Å². The molecule has 0 bridgehead atoms. The molecule has 1 aromatic carbocycles. The highest BCUT2D eigenvalue weighted by atomic mass is 16.2. The predicted molar refractivity (Wildman–Crippen MR) is 79.2 cm³/mol. The van der Waals surface area contributed by atoms with Gasteiger partial charge in [0.1, 0.15) is 0 Å². The number of carbonyl (C=O) groups excluding carboxylic acids is 2. The van der Waals surface area contributed by atoms with E-state index in [1.165, 1.54) is 18.3 Å². The number of hydrogen-bond acceptors (Lipinski definition) is 3. The van der Waals surface area contributed by atoms with Crippen molar-refractivity contribution in [2.75, 3.05) is 12.4 Å². The maximum absolute atomic E-state index is 11.9. The van der Waals surface area contributed by atoms with Crippen LogP contribution in [0.1, 0.15) is 15.9 Å². The maximum atomic E-state index is 11.9. The van der Waals surface area contributed by atoms with E-state index in [4.69, 9.17) is 0 Å². The van der Waals surface area contributed by atoms with Crippen LogP contribution in [0.3, 0.4) is 0 Å². The molecule has 0 aliphatic rings. The van der Waals surface area contributed by atoms with Gasteiger partial charge in [0.2, 0.25) is 11.5 Å². The average molecular weight is 285 g/mol. The summed E-state index contributed by atoms with van der Waals surface area (Å²) in [7, 11) is 1.58. The van der Waals surface area contributed by atoms with E-state index in [-0.39, 0.29) is 17.4 Å². The first-order valence-electron chi connectivity index (χ1n) is 6.38. The number of carbonyl (C=O) groups is 2. The SMILES string of the molecule is CNC(=O)Cc1ccc(NC(=O)c2ccc(=O)[nH]c2)cc1. The second-order valence-electron chi connectivity index (χ2n) is 4.44. The molecule has 0 unspecified atom stereocenters. The fraction of sp³-hybridized carbons (Fsp3) is 0.133. The van der Waals surface area contributed by atoms with Gasteiger partial charge in [-0.25, -0.2) is 0 Å². The van der Waals surface area contributed by atoms with Crippen LogP contribution in [0.25, 0.3) is 0 Å². The van der Waals surface area contributed by atoms with E-state index in [0.717, 1.165) is 5.56 Å². The molecule has 0 radical (unpaired) electrons. The second-order valence-corrected chi connectivity index (χ2v) is 4.44. The molecule has 21 heavy (non-hydrogen) atoms. The highest BCUT2D eigenvalue weighted by molar-refractivity contribution is 6.04. The van der Waals surface area contributed by atoms with Crippen LogP contribution in [0, 0.1) is 0 Å². The molecule has 1 heterocycles. The molecule has 1 aromatic heterocycles. The number of anilines is 1. The van der Waals surface area contributed by atoms with Gasteiger partial charge in [0.05, 0.1) is 12.0 Å². The Hall–Kier alpha value is -2.89. The Balaban J connectivity index is 2.03. The van der Waals surface area contributed by atoms with Crippen LogP contribution < -0.4 is 16.2 Å². The fourth-order valence-electron chi connectivity index (χ4n) is 1.73. The van der Waals surface area contributed by atoms with Crippen molar-refractivity contribution in [2.24, 2.45) is 0 Å². The first-order chi connectivity index (χ1) is 10.1. The number of pyridine rings is 1. The zero-order chi connectivity index (χ0) is 15.2. The maximum Gasteiger partial charge on any atom is 0.257 e. The molecule has 0 atom stereocenters. The fourth-order valence-corrected chi connectivity index (χ4v) is 1.73. The molecule has 0 spiro atoms. The third-order valence-electron chi connectivity index (χ3n) is 2.90. The molecule has 0 saturated heterocycles.